The Bertz CT molecular complexity index is 811. The molecule has 3 nitrogen and oxygen atoms in total. The summed E-state index contributed by atoms with van der Waals surface area (Å²) in [7, 11) is 0. The molecule has 116 valence electrons. The molecule has 0 unspecified atom stereocenters. The van der Waals surface area contributed by atoms with Crippen molar-refractivity contribution in [1.82, 2.24) is 0 Å². The summed E-state index contributed by atoms with van der Waals surface area (Å²) in [6, 6.07) is 11.5. The summed E-state index contributed by atoms with van der Waals surface area (Å²) >= 11 is 0. The first kappa shape index (κ1) is 15.2. The number of nitrogens with zero attached hydrogens (tertiary/aromatic N) is 1. The maximum Gasteiger partial charge on any atom is 0.251 e. The molecule has 0 saturated heterocycles. The topological polar surface area (TPSA) is 37.4 Å². The lowest BCUT2D eigenvalue weighted by Crippen LogP contribution is -2.26. The number of fused-ring (bicyclic) bond motifs is 1. The highest BCUT2D eigenvalue weighted by atomic mass is 19.1. The molecule has 1 aliphatic heterocycles. The fourth-order valence-electron chi connectivity index (χ4n) is 2.72. The zero-order valence-corrected chi connectivity index (χ0v) is 12.8. The number of anilines is 1. The minimum atomic E-state index is -0.331. The lowest BCUT2D eigenvalue weighted by atomic mass is 10.1. The number of halogens is 1. The highest BCUT2D eigenvalue weighted by Gasteiger charge is 2.23. The van der Waals surface area contributed by atoms with Gasteiger partial charge in [0.1, 0.15) is 5.82 Å². The molecule has 23 heavy (non-hydrogen) atoms. The van der Waals surface area contributed by atoms with Gasteiger partial charge < -0.3 is 4.90 Å². The second-order valence-corrected chi connectivity index (χ2v) is 5.53. The van der Waals surface area contributed by atoms with Gasteiger partial charge >= 0.3 is 0 Å². The van der Waals surface area contributed by atoms with E-state index < -0.39 is 0 Å². The van der Waals surface area contributed by atoms with Crippen molar-refractivity contribution in [3.63, 3.8) is 0 Å². The smallest absolute Gasteiger partial charge is 0.251 e. The average molecular weight is 309 g/mol. The third-order valence-electron chi connectivity index (χ3n) is 3.91. The highest BCUT2D eigenvalue weighted by molar-refractivity contribution is 6.05. The molecule has 0 N–H and O–H groups in total. The van der Waals surface area contributed by atoms with Crippen molar-refractivity contribution in [3.05, 3.63) is 71.0 Å². The summed E-state index contributed by atoms with van der Waals surface area (Å²) in [6.07, 6.45) is 3.78. The van der Waals surface area contributed by atoms with E-state index in [4.69, 9.17) is 0 Å². The van der Waals surface area contributed by atoms with E-state index in [1.54, 1.807) is 29.2 Å². The minimum absolute atomic E-state index is 0.0172. The molecule has 3 rings (SSSR count). The number of benzene rings is 2. The number of rotatable bonds is 3. The molecule has 0 atom stereocenters. The molecule has 0 radical (unpaired) electrons. The number of hydrogen-bond donors (Lipinski definition) is 0. The fraction of sp³-hybridized carbons (Fsp3) is 0.158. The van der Waals surface area contributed by atoms with Crippen LogP contribution in [0.1, 0.15) is 28.4 Å². The molecule has 0 aromatic heterocycles. The van der Waals surface area contributed by atoms with Crippen LogP contribution in [0.4, 0.5) is 10.1 Å². The molecular formula is C19H16FNO2. The molecular weight excluding hydrogens is 293 g/mol. The Labute approximate surface area is 134 Å². The van der Waals surface area contributed by atoms with Crippen molar-refractivity contribution < 1.29 is 14.0 Å². The number of ketones is 1. The Morgan fingerprint density at radius 2 is 2.00 bits per heavy atom. The Morgan fingerprint density at radius 3 is 2.74 bits per heavy atom. The van der Waals surface area contributed by atoms with Crippen molar-refractivity contribution in [2.75, 3.05) is 11.4 Å². The standard InChI is InChI=1S/C19H16FNO2/c1-13(22)15-6-7-18-16(12-15)9-10-21(18)19(23)8-5-14-3-2-4-17(20)11-14/h2-8,11-12H,9-10H2,1H3/b8-5+. The van der Waals surface area contributed by atoms with E-state index in [0.717, 1.165) is 17.7 Å². The quantitative estimate of drug-likeness (QED) is 0.641. The Morgan fingerprint density at radius 1 is 1.17 bits per heavy atom. The zero-order valence-electron chi connectivity index (χ0n) is 12.8. The number of Topliss-reactive ketones (excluding diaryl/α,β-unsaturated/α-hetero) is 1. The Hall–Kier alpha value is -2.75. The lowest BCUT2D eigenvalue weighted by Gasteiger charge is -2.15. The van der Waals surface area contributed by atoms with Gasteiger partial charge in [-0.25, -0.2) is 4.39 Å². The van der Waals surface area contributed by atoms with E-state index in [0.29, 0.717) is 17.7 Å². The van der Waals surface area contributed by atoms with Gasteiger partial charge in [-0.2, -0.15) is 0 Å². The van der Waals surface area contributed by atoms with Gasteiger partial charge in [0.2, 0.25) is 0 Å². The van der Waals surface area contributed by atoms with Crippen LogP contribution in [0, 0.1) is 5.82 Å². The van der Waals surface area contributed by atoms with Crippen molar-refractivity contribution in [3.8, 4) is 0 Å². The molecule has 0 bridgehead atoms. The molecule has 4 heteroatoms. The second-order valence-electron chi connectivity index (χ2n) is 5.53. The van der Waals surface area contributed by atoms with Crippen LogP contribution in [0.2, 0.25) is 0 Å². The van der Waals surface area contributed by atoms with Gasteiger partial charge in [0.25, 0.3) is 5.91 Å². The van der Waals surface area contributed by atoms with Crippen LogP contribution < -0.4 is 4.90 Å². The molecule has 0 saturated carbocycles. The fourth-order valence-corrected chi connectivity index (χ4v) is 2.72. The van der Waals surface area contributed by atoms with Crippen LogP contribution in [0.3, 0.4) is 0 Å². The van der Waals surface area contributed by atoms with Gasteiger partial charge in [-0.3, -0.25) is 9.59 Å². The number of carbonyl (C=O) groups is 2. The van der Waals surface area contributed by atoms with E-state index in [9.17, 15) is 14.0 Å². The molecule has 0 aliphatic carbocycles. The second kappa shape index (κ2) is 6.16. The average Bonchev–Trinajstić information content (AvgIpc) is 2.95. The molecule has 1 aliphatic rings. The van der Waals surface area contributed by atoms with E-state index in [-0.39, 0.29) is 17.5 Å². The monoisotopic (exact) mass is 309 g/mol. The van der Waals surface area contributed by atoms with Crippen LogP contribution in [-0.4, -0.2) is 18.2 Å². The van der Waals surface area contributed by atoms with Crippen molar-refractivity contribution in [1.29, 1.82) is 0 Å². The maximum atomic E-state index is 13.1. The van der Waals surface area contributed by atoms with E-state index >= 15 is 0 Å². The minimum Gasteiger partial charge on any atom is -0.308 e. The normalized spacial score (nSPS) is 13.4. The summed E-state index contributed by atoms with van der Waals surface area (Å²) in [5.41, 5.74) is 3.15. The molecule has 0 fully saturated rings. The van der Waals surface area contributed by atoms with Crippen LogP contribution in [-0.2, 0) is 11.2 Å². The number of hydrogen-bond acceptors (Lipinski definition) is 2. The first-order valence-corrected chi connectivity index (χ1v) is 7.43. The van der Waals surface area contributed by atoms with Gasteiger partial charge in [-0.15, -0.1) is 0 Å². The molecule has 2 aromatic carbocycles. The molecule has 1 amide bonds. The Balaban J connectivity index is 1.79. The van der Waals surface area contributed by atoms with E-state index in [1.807, 2.05) is 12.1 Å². The summed E-state index contributed by atoms with van der Waals surface area (Å²) in [5.74, 6) is -0.463. The van der Waals surface area contributed by atoms with Crippen LogP contribution in [0.25, 0.3) is 6.08 Å². The Kier molecular flexibility index (Phi) is 4.06. The molecule has 1 heterocycles. The third kappa shape index (κ3) is 3.21. The maximum absolute atomic E-state index is 13.1. The first-order chi connectivity index (χ1) is 11.0. The summed E-state index contributed by atoms with van der Waals surface area (Å²) in [4.78, 5) is 25.5. The largest absolute Gasteiger partial charge is 0.308 e. The highest BCUT2D eigenvalue weighted by Crippen LogP contribution is 2.29. The van der Waals surface area contributed by atoms with Gasteiger partial charge in [0.05, 0.1) is 0 Å². The van der Waals surface area contributed by atoms with Crippen LogP contribution in [0.15, 0.2) is 48.5 Å². The van der Waals surface area contributed by atoms with Gasteiger partial charge in [-0.1, -0.05) is 12.1 Å². The number of amides is 1. The molecule has 0 spiro atoms. The predicted octanol–water partition coefficient (Wildman–Crippen LogP) is 3.63. The zero-order chi connectivity index (χ0) is 16.4. The van der Waals surface area contributed by atoms with Gasteiger partial charge in [0.15, 0.2) is 5.78 Å². The van der Waals surface area contributed by atoms with Crippen molar-refractivity contribution in [2.24, 2.45) is 0 Å². The van der Waals surface area contributed by atoms with Crippen LogP contribution in [0.5, 0.6) is 0 Å². The van der Waals surface area contributed by atoms with Gasteiger partial charge in [-0.05, 0) is 60.9 Å². The SMILES string of the molecule is CC(=O)c1ccc2c(c1)CCN2C(=O)/C=C/c1cccc(F)c1. The summed E-state index contributed by atoms with van der Waals surface area (Å²) in [6.45, 7) is 2.12. The van der Waals surface area contributed by atoms with Crippen molar-refractivity contribution >= 4 is 23.5 Å². The van der Waals surface area contributed by atoms with E-state index in [2.05, 4.69) is 0 Å². The van der Waals surface area contributed by atoms with E-state index in [1.165, 1.54) is 25.1 Å². The third-order valence-corrected chi connectivity index (χ3v) is 3.91. The summed E-state index contributed by atoms with van der Waals surface area (Å²) < 4.78 is 13.1. The first-order valence-electron chi connectivity index (χ1n) is 7.43. The van der Waals surface area contributed by atoms with Crippen molar-refractivity contribution in [2.45, 2.75) is 13.3 Å². The number of carbonyl (C=O) groups excluding carboxylic acids is 2. The summed E-state index contributed by atoms with van der Waals surface area (Å²) in [5, 5.41) is 0. The molecule has 2 aromatic rings. The lowest BCUT2D eigenvalue weighted by molar-refractivity contribution is -0.114. The van der Waals surface area contributed by atoms with Crippen LogP contribution >= 0.6 is 0 Å². The predicted molar refractivity (Wildman–Crippen MR) is 87.9 cm³/mol. The van der Waals surface area contributed by atoms with Gasteiger partial charge in [0, 0.05) is 23.9 Å².